The van der Waals surface area contributed by atoms with Crippen LogP contribution in [0.1, 0.15) is 32.1 Å². The minimum Gasteiger partial charge on any atom is -0.448 e. The number of aryl methyl sites for hydroxylation is 1. The second kappa shape index (κ2) is 5.34. The molecule has 3 heterocycles. The van der Waals surface area contributed by atoms with Gasteiger partial charge in [0.05, 0.1) is 11.6 Å². The zero-order valence-electron chi connectivity index (χ0n) is 14.0. The molecule has 1 aliphatic heterocycles. The van der Waals surface area contributed by atoms with Gasteiger partial charge < -0.3 is 14.8 Å². The number of ether oxygens (including phenoxy) is 2. The number of nitrogens with zero attached hydrogens (tertiary/aromatic N) is 4. The number of anilines is 2. The van der Waals surface area contributed by atoms with E-state index in [9.17, 15) is 0 Å². The van der Waals surface area contributed by atoms with Gasteiger partial charge in [-0.15, -0.1) is 0 Å². The third-order valence-electron chi connectivity index (χ3n) is 4.94. The molecule has 5 rings (SSSR count). The van der Waals surface area contributed by atoms with E-state index in [1.807, 2.05) is 25.2 Å². The number of fused-ring (bicyclic) bond motifs is 2. The first kappa shape index (κ1) is 14.5. The van der Waals surface area contributed by atoms with E-state index >= 15 is 0 Å². The number of benzene rings is 1. The molecule has 1 saturated carbocycles. The van der Waals surface area contributed by atoms with Gasteiger partial charge in [0.1, 0.15) is 12.1 Å². The molecule has 0 bridgehead atoms. The Bertz CT molecular complexity index is 946. The third kappa shape index (κ3) is 2.38. The highest BCUT2D eigenvalue weighted by Gasteiger charge is 2.42. The molecule has 1 N–H and O–H groups in total. The summed E-state index contributed by atoms with van der Waals surface area (Å²) in [5.41, 5.74) is 1.69. The van der Waals surface area contributed by atoms with E-state index in [-0.39, 0.29) is 0 Å². The summed E-state index contributed by atoms with van der Waals surface area (Å²) in [7, 11) is 1.86. The molecule has 1 aromatic carbocycles. The van der Waals surface area contributed by atoms with Gasteiger partial charge in [-0.25, -0.2) is 9.97 Å². The van der Waals surface area contributed by atoms with Crippen LogP contribution in [0.5, 0.6) is 11.5 Å². The monoisotopic (exact) mass is 337 g/mol. The highest BCUT2D eigenvalue weighted by Crippen LogP contribution is 2.46. The first-order chi connectivity index (χ1) is 12.2. The normalized spacial score (nSPS) is 18.0. The molecule has 7 nitrogen and oxygen atoms in total. The zero-order valence-corrected chi connectivity index (χ0v) is 14.0. The Kier molecular flexibility index (Phi) is 3.10. The molecule has 0 amide bonds. The number of hydrogen-bond acceptors (Lipinski definition) is 6. The highest BCUT2D eigenvalue weighted by molar-refractivity contribution is 5.88. The fourth-order valence-corrected chi connectivity index (χ4v) is 3.66. The van der Waals surface area contributed by atoms with Crippen molar-refractivity contribution in [1.82, 2.24) is 19.7 Å². The van der Waals surface area contributed by atoms with Crippen molar-refractivity contribution in [2.24, 2.45) is 7.05 Å². The highest BCUT2D eigenvalue weighted by atomic mass is 16.7. The molecule has 1 fully saturated rings. The Hall–Kier alpha value is -2.83. The molecule has 0 atom stereocenters. The largest absolute Gasteiger partial charge is 0.448 e. The van der Waals surface area contributed by atoms with Crippen LogP contribution in [0.15, 0.2) is 30.7 Å². The summed E-state index contributed by atoms with van der Waals surface area (Å²) < 4.78 is 14.0. The summed E-state index contributed by atoms with van der Waals surface area (Å²) in [5, 5.41) is 8.46. The molecule has 1 aliphatic carbocycles. The first-order valence-electron chi connectivity index (χ1n) is 8.64. The van der Waals surface area contributed by atoms with E-state index in [1.165, 1.54) is 12.7 Å². The van der Waals surface area contributed by atoms with Crippen LogP contribution in [0.4, 0.5) is 11.5 Å². The lowest BCUT2D eigenvalue weighted by molar-refractivity contribution is -0.105. The van der Waals surface area contributed by atoms with E-state index in [0.29, 0.717) is 0 Å². The van der Waals surface area contributed by atoms with Gasteiger partial charge >= 0.3 is 0 Å². The van der Waals surface area contributed by atoms with Gasteiger partial charge in [-0.3, -0.25) is 4.68 Å². The van der Waals surface area contributed by atoms with Crippen molar-refractivity contribution in [3.8, 4) is 11.5 Å². The van der Waals surface area contributed by atoms with Crippen LogP contribution in [0, 0.1) is 0 Å². The maximum absolute atomic E-state index is 6.19. The molecule has 128 valence electrons. The second-order valence-electron chi connectivity index (χ2n) is 6.69. The molecule has 3 aromatic rings. The maximum Gasteiger partial charge on any atom is 0.251 e. The minimum atomic E-state index is -0.454. The number of aromatic nitrogens is 4. The van der Waals surface area contributed by atoms with Crippen LogP contribution < -0.4 is 14.8 Å². The average Bonchev–Trinajstić information content (AvgIpc) is 3.16. The molecule has 2 aliphatic rings. The van der Waals surface area contributed by atoms with E-state index in [0.717, 1.165) is 59.7 Å². The van der Waals surface area contributed by atoms with E-state index < -0.39 is 5.79 Å². The van der Waals surface area contributed by atoms with Crippen LogP contribution >= 0.6 is 0 Å². The Labute approximate surface area is 145 Å². The van der Waals surface area contributed by atoms with Crippen molar-refractivity contribution in [2.75, 3.05) is 5.32 Å². The Morgan fingerprint density at radius 2 is 1.92 bits per heavy atom. The van der Waals surface area contributed by atoms with Crippen molar-refractivity contribution in [3.63, 3.8) is 0 Å². The molecule has 25 heavy (non-hydrogen) atoms. The van der Waals surface area contributed by atoms with Crippen molar-refractivity contribution < 1.29 is 9.47 Å². The van der Waals surface area contributed by atoms with Gasteiger partial charge in [0.15, 0.2) is 17.1 Å². The fraction of sp³-hybridized carbons (Fsp3) is 0.389. The topological polar surface area (TPSA) is 74.1 Å². The van der Waals surface area contributed by atoms with Gasteiger partial charge in [0.2, 0.25) is 0 Å². The van der Waals surface area contributed by atoms with E-state index in [4.69, 9.17) is 9.47 Å². The molecule has 0 unspecified atom stereocenters. The Morgan fingerprint density at radius 3 is 2.80 bits per heavy atom. The summed E-state index contributed by atoms with van der Waals surface area (Å²) in [5.74, 6) is 1.89. The summed E-state index contributed by atoms with van der Waals surface area (Å²) in [6.07, 6.45) is 8.77. The molecule has 0 radical (unpaired) electrons. The predicted molar refractivity (Wildman–Crippen MR) is 93.1 cm³/mol. The molecule has 0 saturated heterocycles. The van der Waals surface area contributed by atoms with Crippen molar-refractivity contribution >= 4 is 22.5 Å². The molecular formula is C18H19N5O2. The number of rotatable bonds is 2. The van der Waals surface area contributed by atoms with Gasteiger partial charge in [-0.05, 0) is 25.0 Å². The fourth-order valence-electron chi connectivity index (χ4n) is 3.66. The Balaban J connectivity index is 1.44. The van der Waals surface area contributed by atoms with Crippen LogP contribution in [-0.2, 0) is 7.05 Å². The smallest absolute Gasteiger partial charge is 0.251 e. The van der Waals surface area contributed by atoms with Gasteiger partial charge in [-0.1, -0.05) is 6.42 Å². The second-order valence-corrected chi connectivity index (χ2v) is 6.69. The lowest BCUT2D eigenvalue weighted by atomic mass is 9.94. The van der Waals surface area contributed by atoms with Crippen molar-refractivity contribution in [2.45, 2.75) is 37.9 Å². The quantitative estimate of drug-likeness (QED) is 0.771. The standard InChI is InChI=1S/C18H19N5O2/c1-23-17-13(10-21-23)16(19-11-20-17)22-12-5-6-14-15(9-12)25-18(24-14)7-3-2-4-8-18/h5-6,9-11H,2-4,7-8H2,1H3,(H,19,20,22). The summed E-state index contributed by atoms with van der Waals surface area (Å²) in [6, 6.07) is 5.92. The van der Waals surface area contributed by atoms with E-state index in [2.05, 4.69) is 20.4 Å². The zero-order chi connectivity index (χ0) is 16.9. The molecule has 2 aromatic heterocycles. The molecule has 7 heteroatoms. The molecule has 1 spiro atoms. The first-order valence-corrected chi connectivity index (χ1v) is 8.64. The minimum absolute atomic E-state index is 0.454. The third-order valence-corrected chi connectivity index (χ3v) is 4.94. The Morgan fingerprint density at radius 1 is 1.08 bits per heavy atom. The van der Waals surface area contributed by atoms with Gasteiger partial charge in [-0.2, -0.15) is 5.10 Å². The van der Waals surface area contributed by atoms with Crippen molar-refractivity contribution in [1.29, 1.82) is 0 Å². The number of nitrogens with one attached hydrogen (secondary N) is 1. The van der Waals surface area contributed by atoms with E-state index in [1.54, 1.807) is 10.9 Å². The summed E-state index contributed by atoms with van der Waals surface area (Å²) >= 11 is 0. The average molecular weight is 337 g/mol. The van der Waals surface area contributed by atoms with Gasteiger partial charge in [0, 0.05) is 31.6 Å². The SMILES string of the molecule is Cn1ncc2c(Nc3ccc4c(c3)OC3(CCCCC3)O4)ncnc21. The van der Waals surface area contributed by atoms with Crippen LogP contribution in [0.2, 0.25) is 0 Å². The summed E-state index contributed by atoms with van der Waals surface area (Å²) in [4.78, 5) is 8.61. The van der Waals surface area contributed by atoms with Crippen LogP contribution in [0.3, 0.4) is 0 Å². The van der Waals surface area contributed by atoms with Crippen LogP contribution in [-0.4, -0.2) is 25.5 Å². The summed E-state index contributed by atoms with van der Waals surface area (Å²) in [6.45, 7) is 0. The lowest BCUT2D eigenvalue weighted by Gasteiger charge is -2.31. The van der Waals surface area contributed by atoms with Crippen LogP contribution in [0.25, 0.3) is 11.0 Å². The predicted octanol–water partition coefficient (Wildman–Crippen LogP) is 3.54. The maximum atomic E-state index is 6.19. The number of hydrogen-bond donors (Lipinski definition) is 1. The molecular weight excluding hydrogens is 318 g/mol. The lowest BCUT2D eigenvalue weighted by Crippen LogP contribution is -2.40. The van der Waals surface area contributed by atoms with Crippen molar-refractivity contribution in [3.05, 3.63) is 30.7 Å². The van der Waals surface area contributed by atoms with Gasteiger partial charge in [0.25, 0.3) is 5.79 Å².